The van der Waals surface area contributed by atoms with E-state index in [0.29, 0.717) is 6.54 Å². The number of rotatable bonds is 7. The lowest BCUT2D eigenvalue weighted by Crippen LogP contribution is -2.59. The first-order valence-electron chi connectivity index (χ1n) is 9.11. The van der Waals surface area contributed by atoms with Gasteiger partial charge in [0, 0.05) is 18.6 Å². The minimum absolute atomic E-state index is 0.00105. The van der Waals surface area contributed by atoms with Crippen LogP contribution in [0.3, 0.4) is 0 Å². The molecular weight excluding hydrogens is 316 g/mol. The predicted octanol–water partition coefficient (Wildman–Crippen LogP) is 1.44. The molecule has 1 aliphatic rings. The minimum atomic E-state index is -0.692. The summed E-state index contributed by atoms with van der Waals surface area (Å²) in [6.07, 6.45) is 1.39. The van der Waals surface area contributed by atoms with E-state index in [2.05, 4.69) is 41.5 Å². The van der Waals surface area contributed by atoms with Gasteiger partial charge in [-0.15, -0.1) is 0 Å². The molecule has 2 rings (SSSR count). The summed E-state index contributed by atoms with van der Waals surface area (Å²) in [7, 11) is 4.17. The van der Waals surface area contributed by atoms with Crippen LogP contribution in [0.25, 0.3) is 0 Å². The first-order valence-corrected chi connectivity index (χ1v) is 9.11. The Kier molecular flexibility index (Phi) is 7.23. The number of piperidine rings is 1. The Labute approximate surface area is 151 Å². The standard InChI is InChI=1S/C19H32N4O2/c1-4-23-12-10-19(11-13-23,22(2)3)15-21-18(25)20-14-17(24)16-8-6-5-7-9-16/h5-9,17,24H,4,10-15H2,1-3H3,(H2,20,21,25)/t17-/m0/s1. The Hall–Kier alpha value is -1.63. The first kappa shape index (κ1) is 19.7. The van der Waals surface area contributed by atoms with Crippen LogP contribution in [-0.2, 0) is 0 Å². The fourth-order valence-electron chi connectivity index (χ4n) is 3.36. The number of likely N-dealkylation sites (N-methyl/N-ethyl adjacent to an activating group) is 1. The molecule has 1 atom stereocenters. The van der Waals surface area contributed by atoms with Crippen LogP contribution in [0.5, 0.6) is 0 Å². The molecular formula is C19H32N4O2. The Bertz CT molecular complexity index is 527. The fourth-order valence-corrected chi connectivity index (χ4v) is 3.36. The number of hydrogen-bond donors (Lipinski definition) is 3. The zero-order valence-corrected chi connectivity index (χ0v) is 15.7. The number of amides is 2. The van der Waals surface area contributed by atoms with Gasteiger partial charge in [0.05, 0.1) is 6.10 Å². The Balaban J connectivity index is 1.79. The molecule has 0 bridgehead atoms. The van der Waals surface area contributed by atoms with Gasteiger partial charge in [0.15, 0.2) is 0 Å². The van der Waals surface area contributed by atoms with E-state index in [1.54, 1.807) is 0 Å². The fraction of sp³-hybridized carbons (Fsp3) is 0.632. The largest absolute Gasteiger partial charge is 0.387 e. The Morgan fingerprint density at radius 3 is 2.44 bits per heavy atom. The summed E-state index contributed by atoms with van der Waals surface area (Å²) < 4.78 is 0. The molecule has 6 nitrogen and oxygen atoms in total. The van der Waals surface area contributed by atoms with Gasteiger partial charge in [-0.3, -0.25) is 0 Å². The van der Waals surface area contributed by atoms with Gasteiger partial charge in [-0.25, -0.2) is 4.79 Å². The summed E-state index contributed by atoms with van der Waals surface area (Å²) in [5.41, 5.74) is 0.806. The van der Waals surface area contributed by atoms with Gasteiger partial charge in [0.25, 0.3) is 0 Å². The number of benzene rings is 1. The highest BCUT2D eigenvalue weighted by molar-refractivity contribution is 5.74. The summed E-state index contributed by atoms with van der Waals surface area (Å²) in [4.78, 5) is 16.8. The summed E-state index contributed by atoms with van der Waals surface area (Å²) >= 11 is 0. The van der Waals surface area contributed by atoms with E-state index in [-0.39, 0.29) is 18.1 Å². The van der Waals surface area contributed by atoms with Crippen molar-refractivity contribution in [3.8, 4) is 0 Å². The lowest BCUT2D eigenvalue weighted by Gasteiger charge is -2.46. The van der Waals surface area contributed by atoms with Crippen LogP contribution < -0.4 is 10.6 Å². The number of nitrogens with zero attached hydrogens (tertiary/aromatic N) is 2. The van der Waals surface area contributed by atoms with E-state index < -0.39 is 6.10 Å². The van der Waals surface area contributed by atoms with Crippen LogP contribution in [-0.4, -0.2) is 73.3 Å². The van der Waals surface area contributed by atoms with Gasteiger partial charge >= 0.3 is 6.03 Å². The molecule has 0 aliphatic carbocycles. The third kappa shape index (κ3) is 5.42. The molecule has 0 spiro atoms. The number of urea groups is 1. The first-order chi connectivity index (χ1) is 12.0. The molecule has 1 aliphatic heterocycles. The molecule has 2 amide bonds. The van der Waals surface area contributed by atoms with Crippen molar-refractivity contribution < 1.29 is 9.90 Å². The number of nitrogens with one attached hydrogen (secondary N) is 2. The van der Waals surface area contributed by atoms with Crippen molar-refractivity contribution in [2.45, 2.75) is 31.4 Å². The van der Waals surface area contributed by atoms with Crippen molar-refractivity contribution in [3.05, 3.63) is 35.9 Å². The second-order valence-electron chi connectivity index (χ2n) is 7.04. The summed E-state index contributed by atoms with van der Waals surface area (Å²) in [6, 6.07) is 9.14. The smallest absolute Gasteiger partial charge is 0.314 e. The SMILES string of the molecule is CCN1CCC(CNC(=O)NC[C@H](O)c2ccccc2)(N(C)C)CC1. The average molecular weight is 348 g/mol. The molecule has 1 aromatic carbocycles. The number of likely N-dealkylation sites (tertiary alicyclic amines) is 1. The summed E-state index contributed by atoms with van der Waals surface area (Å²) in [5, 5.41) is 15.9. The van der Waals surface area contributed by atoms with Crippen molar-refractivity contribution in [2.24, 2.45) is 0 Å². The molecule has 0 saturated carbocycles. The minimum Gasteiger partial charge on any atom is -0.387 e. The van der Waals surface area contributed by atoms with Crippen molar-refractivity contribution >= 4 is 6.03 Å². The second-order valence-corrected chi connectivity index (χ2v) is 7.04. The molecule has 0 radical (unpaired) electrons. The van der Waals surface area contributed by atoms with Crippen molar-refractivity contribution in [1.29, 1.82) is 0 Å². The molecule has 1 heterocycles. The second kappa shape index (κ2) is 9.17. The summed E-state index contributed by atoms with van der Waals surface area (Å²) in [5.74, 6) is 0. The predicted molar refractivity (Wildman–Crippen MR) is 101 cm³/mol. The Morgan fingerprint density at radius 2 is 1.88 bits per heavy atom. The normalized spacial score (nSPS) is 18.8. The van der Waals surface area contributed by atoms with Gasteiger partial charge in [-0.2, -0.15) is 0 Å². The maximum Gasteiger partial charge on any atom is 0.314 e. The highest BCUT2D eigenvalue weighted by Gasteiger charge is 2.36. The molecule has 140 valence electrons. The average Bonchev–Trinajstić information content (AvgIpc) is 2.65. The van der Waals surface area contributed by atoms with Crippen molar-refractivity contribution in [3.63, 3.8) is 0 Å². The maximum atomic E-state index is 12.1. The third-order valence-electron chi connectivity index (χ3n) is 5.40. The number of carbonyl (C=O) groups is 1. The van der Waals surface area contributed by atoms with Gasteiger partial charge < -0.3 is 25.5 Å². The zero-order chi connectivity index (χ0) is 18.3. The molecule has 1 fully saturated rings. The Morgan fingerprint density at radius 1 is 1.24 bits per heavy atom. The van der Waals surface area contributed by atoms with Crippen LogP contribution in [0, 0.1) is 0 Å². The van der Waals surface area contributed by atoms with Crippen LogP contribution in [0.4, 0.5) is 4.79 Å². The number of carbonyl (C=O) groups excluding carboxylic acids is 1. The van der Waals surface area contributed by atoms with E-state index in [4.69, 9.17) is 0 Å². The molecule has 6 heteroatoms. The number of aliphatic hydroxyl groups excluding tert-OH is 1. The van der Waals surface area contributed by atoms with Gasteiger partial charge in [0.1, 0.15) is 0 Å². The third-order valence-corrected chi connectivity index (χ3v) is 5.40. The van der Waals surface area contributed by atoms with Crippen LogP contribution >= 0.6 is 0 Å². The molecule has 25 heavy (non-hydrogen) atoms. The molecule has 0 unspecified atom stereocenters. The molecule has 1 saturated heterocycles. The number of hydrogen-bond acceptors (Lipinski definition) is 4. The van der Waals surface area contributed by atoms with Gasteiger partial charge in [0.2, 0.25) is 0 Å². The van der Waals surface area contributed by atoms with Gasteiger partial charge in [-0.05, 0) is 52.1 Å². The van der Waals surface area contributed by atoms with Gasteiger partial charge in [-0.1, -0.05) is 37.3 Å². The lowest BCUT2D eigenvalue weighted by molar-refractivity contribution is 0.0598. The van der Waals surface area contributed by atoms with Crippen molar-refractivity contribution in [1.82, 2.24) is 20.4 Å². The van der Waals surface area contributed by atoms with E-state index in [1.807, 2.05) is 30.3 Å². The van der Waals surface area contributed by atoms with Crippen molar-refractivity contribution in [2.75, 3.05) is 46.8 Å². The monoisotopic (exact) mass is 348 g/mol. The highest BCUT2D eigenvalue weighted by atomic mass is 16.3. The van der Waals surface area contributed by atoms with Crippen LogP contribution in [0.2, 0.25) is 0 Å². The maximum absolute atomic E-state index is 12.1. The van der Waals surface area contributed by atoms with Crippen LogP contribution in [0.1, 0.15) is 31.4 Å². The number of aliphatic hydroxyl groups is 1. The quantitative estimate of drug-likeness (QED) is 0.697. The summed E-state index contributed by atoms with van der Waals surface area (Å²) in [6.45, 7) is 6.20. The molecule has 1 aromatic rings. The van der Waals surface area contributed by atoms with E-state index in [9.17, 15) is 9.90 Å². The topological polar surface area (TPSA) is 67.8 Å². The van der Waals surface area contributed by atoms with E-state index >= 15 is 0 Å². The molecule has 3 N–H and O–H groups in total. The molecule has 0 aromatic heterocycles. The van der Waals surface area contributed by atoms with E-state index in [1.165, 1.54) is 0 Å². The van der Waals surface area contributed by atoms with E-state index in [0.717, 1.165) is 38.0 Å². The lowest BCUT2D eigenvalue weighted by atomic mass is 9.86. The highest BCUT2D eigenvalue weighted by Crippen LogP contribution is 2.26. The van der Waals surface area contributed by atoms with Crippen LogP contribution in [0.15, 0.2) is 30.3 Å². The zero-order valence-electron chi connectivity index (χ0n) is 15.7.